The molecule has 0 atom stereocenters. The van der Waals surface area contributed by atoms with Crippen LogP contribution in [0.15, 0.2) is 6.07 Å². The molecule has 20 heavy (non-hydrogen) atoms. The molecule has 0 amide bonds. The summed E-state index contributed by atoms with van der Waals surface area (Å²) >= 11 is 1.46. The summed E-state index contributed by atoms with van der Waals surface area (Å²) in [4.78, 5) is 5.13. The number of H-pyrrole nitrogens is 1. The average molecular weight is 296 g/mol. The molecule has 0 aliphatic heterocycles. The first-order valence-electron chi connectivity index (χ1n) is 5.80. The van der Waals surface area contributed by atoms with E-state index in [0.717, 1.165) is 21.6 Å². The van der Waals surface area contributed by atoms with E-state index in [-0.39, 0.29) is 23.4 Å². The summed E-state index contributed by atoms with van der Waals surface area (Å²) in [5.41, 5.74) is 0.521. The molecule has 3 aromatic rings. The monoisotopic (exact) mass is 296 g/mol. The summed E-state index contributed by atoms with van der Waals surface area (Å²) in [6.45, 7) is 3.86. The van der Waals surface area contributed by atoms with E-state index in [1.54, 1.807) is 0 Å². The zero-order chi connectivity index (χ0) is 14.3. The minimum atomic E-state index is -0.728. The van der Waals surface area contributed by atoms with Crippen LogP contribution in [0, 0.1) is 25.5 Å². The van der Waals surface area contributed by atoms with Gasteiger partial charge in [0.15, 0.2) is 28.4 Å². The number of nitrogens with zero attached hydrogens (tertiary/aromatic N) is 3. The van der Waals surface area contributed by atoms with Crippen molar-refractivity contribution in [3.05, 3.63) is 33.3 Å². The van der Waals surface area contributed by atoms with Gasteiger partial charge in [0.25, 0.3) is 0 Å². The van der Waals surface area contributed by atoms with Gasteiger partial charge in [0.2, 0.25) is 0 Å². The summed E-state index contributed by atoms with van der Waals surface area (Å²) in [6, 6.07) is 0.976. The van der Waals surface area contributed by atoms with Crippen LogP contribution in [-0.2, 0) is 6.61 Å². The van der Waals surface area contributed by atoms with Gasteiger partial charge >= 0.3 is 0 Å². The van der Waals surface area contributed by atoms with Crippen molar-refractivity contribution in [3.8, 4) is 5.75 Å². The quantitative estimate of drug-likeness (QED) is 0.807. The molecule has 0 spiro atoms. The summed E-state index contributed by atoms with van der Waals surface area (Å²) in [5, 5.41) is 10.2. The third-order valence-electron chi connectivity index (χ3n) is 2.81. The number of hydrogen-bond acceptors (Lipinski definition) is 5. The fourth-order valence-electron chi connectivity index (χ4n) is 1.87. The van der Waals surface area contributed by atoms with E-state index in [9.17, 15) is 8.78 Å². The first kappa shape index (κ1) is 12.9. The molecule has 104 valence electrons. The van der Waals surface area contributed by atoms with Crippen LogP contribution < -0.4 is 4.74 Å². The first-order chi connectivity index (χ1) is 9.56. The van der Waals surface area contributed by atoms with Gasteiger partial charge in [-0.05, 0) is 13.8 Å². The van der Waals surface area contributed by atoms with E-state index in [4.69, 9.17) is 4.74 Å². The highest BCUT2D eigenvalue weighted by molar-refractivity contribution is 7.11. The molecule has 0 aliphatic rings. The van der Waals surface area contributed by atoms with Crippen molar-refractivity contribution in [2.24, 2.45) is 0 Å². The maximum Gasteiger partial charge on any atom is 0.195 e. The number of fused-ring (bicyclic) bond motifs is 1. The summed E-state index contributed by atoms with van der Waals surface area (Å²) in [6.07, 6.45) is 0. The number of aromatic nitrogens is 4. The minimum absolute atomic E-state index is 0.136. The average Bonchev–Trinajstić information content (AvgIpc) is 2.99. The lowest BCUT2D eigenvalue weighted by Gasteiger charge is -2.06. The van der Waals surface area contributed by atoms with E-state index in [1.165, 1.54) is 11.3 Å². The van der Waals surface area contributed by atoms with Gasteiger partial charge in [0, 0.05) is 6.07 Å². The molecule has 0 aliphatic carbocycles. The Bertz CT molecular complexity index is 783. The number of halogens is 2. The molecule has 1 N–H and O–H groups in total. The molecule has 0 saturated carbocycles. The van der Waals surface area contributed by atoms with Crippen LogP contribution in [-0.4, -0.2) is 20.4 Å². The van der Waals surface area contributed by atoms with Gasteiger partial charge in [-0.25, -0.2) is 13.8 Å². The van der Waals surface area contributed by atoms with Crippen molar-refractivity contribution in [1.82, 2.24) is 20.4 Å². The van der Waals surface area contributed by atoms with E-state index in [1.807, 2.05) is 13.8 Å². The second kappa shape index (κ2) is 4.78. The fourth-order valence-corrected chi connectivity index (χ4v) is 2.72. The number of aromatic amines is 1. The molecule has 1 aromatic carbocycles. The third-order valence-corrected chi connectivity index (χ3v) is 3.86. The molecule has 3 rings (SSSR count). The topological polar surface area (TPSA) is 63.7 Å². The Hall–Kier alpha value is -2.09. The molecule has 0 bridgehead atoms. The summed E-state index contributed by atoms with van der Waals surface area (Å²) in [5.74, 6) is -1.59. The number of ether oxygens (including phenoxy) is 1. The highest BCUT2D eigenvalue weighted by atomic mass is 32.1. The number of aryl methyl sites for hydroxylation is 2. The molecule has 8 heteroatoms. The van der Waals surface area contributed by atoms with E-state index < -0.39 is 11.6 Å². The SMILES string of the molecule is Cc1nc(C)c(COc2cc(F)c3n[nH]nc3c2F)s1. The minimum Gasteiger partial charge on any atom is -0.485 e. The highest BCUT2D eigenvalue weighted by Gasteiger charge is 2.17. The molecule has 5 nitrogen and oxygen atoms in total. The molecular weight excluding hydrogens is 286 g/mol. The Morgan fingerprint density at radius 1 is 1.25 bits per heavy atom. The van der Waals surface area contributed by atoms with Crippen molar-refractivity contribution in [3.63, 3.8) is 0 Å². The van der Waals surface area contributed by atoms with Gasteiger partial charge in [-0.15, -0.1) is 11.3 Å². The van der Waals surface area contributed by atoms with Gasteiger partial charge in [0.05, 0.1) is 15.6 Å². The van der Waals surface area contributed by atoms with Crippen molar-refractivity contribution >= 4 is 22.4 Å². The lowest BCUT2D eigenvalue weighted by atomic mass is 10.2. The molecule has 2 heterocycles. The zero-order valence-corrected chi connectivity index (χ0v) is 11.5. The molecular formula is C12H10F2N4OS. The third kappa shape index (κ3) is 2.11. The van der Waals surface area contributed by atoms with Crippen LogP contribution >= 0.6 is 11.3 Å². The molecule has 0 radical (unpaired) electrons. The Balaban J connectivity index is 1.91. The lowest BCUT2D eigenvalue weighted by Crippen LogP contribution is -1.99. The van der Waals surface area contributed by atoms with Crippen LogP contribution in [0.2, 0.25) is 0 Å². The van der Waals surface area contributed by atoms with Gasteiger partial charge in [-0.3, -0.25) is 0 Å². The number of thiazole rings is 1. The van der Waals surface area contributed by atoms with Crippen LogP contribution in [0.4, 0.5) is 8.78 Å². The number of nitrogens with one attached hydrogen (secondary N) is 1. The number of hydrogen-bond donors (Lipinski definition) is 1. The normalized spacial score (nSPS) is 11.2. The van der Waals surface area contributed by atoms with E-state index >= 15 is 0 Å². The van der Waals surface area contributed by atoms with Crippen LogP contribution in [0.25, 0.3) is 11.0 Å². The molecule has 2 aromatic heterocycles. The first-order valence-corrected chi connectivity index (χ1v) is 6.62. The second-order valence-corrected chi connectivity index (χ2v) is 5.51. The predicted molar refractivity (Wildman–Crippen MR) is 69.7 cm³/mol. The zero-order valence-electron chi connectivity index (χ0n) is 10.7. The Morgan fingerprint density at radius 3 is 2.70 bits per heavy atom. The van der Waals surface area contributed by atoms with Crippen molar-refractivity contribution in [2.45, 2.75) is 20.5 Å². The molecule has 0 fully saturated rings. The Kier molecular flexibility index (Phi) is 3.09. The second-order valence-electron chi connectivity index (χ2n) is 4.22. The largest absolute Gasteiger partial charge is 0.485 e. The van der Waals surface area contributed by atoms with E-state index in [0.29, 0.717) is 0 Å². The van der Waals surface area contributed by atoms with Crippen molar-refractivity contribution in [1.29, 1.82) is 0 Å². The standard InChI is InChI=1S/C12H10F2N4OS/c1-5-9(20-6(2)15-5)4-19-8-3-7(13)11-12(10(8)14)17-18-16-11/h3H,4H2,1-2H3,(H,16,17,18). The smallest absolute Gasteiger partial charge is 0.195 e. The van der Waals surface area contributed by atoms with E-state index in [2.05, 4.69) is 20.4 Å². The maximum absolute atomic E-state index is 14.1. The van der Waals surface area contributed by atoms with Crippen molar-refractivity contribution in [2.75, 3.05) is 0 Å². The van der Waals surface area contributed by atoms with Crippen LogP contribution in [0.3, 0.4) is 0 Å². The molecule has 0 saturated heterocycles. The number of rotatable bonds is 3. The predicted octanol–water partition coefficient (Wildman–Crippen LogP) is 2.89. The van der Waals surface area contributed by atoms with Crippen LogP contribution in [0.1, 0.15) is 15.6 Å². The Labute approximate surface area is 116 Å². The van der Waals surface area contributed by atoms with Gasteiger partial charge in [-0.1, -0.05) is 0 Å². The highest BCUT2D eigenvalue weighted by Crippen LogP contribution is 2.28. The Morgan fingerprint density at radius 2 is 2.00 bits per heavy atom. The fraction of sp³-hybridized carbons (Fsp3) is 0.250. The summed E-state index contributed by atoms with van der Waals surface area (Å²) in [7, 11) is 0. The van der Waals surface area contributed by atoms with Gasteiger partial charge < -0.3 is 4.74 Å². The molecule has 0 unspecified atom stereocenters. The summed E-state index contributed by atoms with van der Waals surface area (Å²) < 4.78 is 33.1. The van der Waals surface area contributed by atoms with Gasteiger partial charge in [-0.2, -0.15) is 15.4 Å². The van der Waals surface area contributed by atoms with Crippen LogP contribution in [0.5, 0.6) is 5.75 Å². The lowest BCUT2D eigenvalue weighted by molar-refractivity contribution is 0.292. The van der Waals surface area contributed by atoms with Gasteiger partial charge in [0.1, 0.15) is 6.61 Å². The number of benzene rings is 1. The van der Waals surface area contributed by atoms with Crippen molar-refractivity contribution < 1.29 is 13.5 Å². The maximum atomic E-state index is 14.1.